The molecule has 1 aliphatic carbocycles. The molecule has 0 atom stereocenters. The lowest BCUT2D eigenvalue weighted by molar-refractivity contribution is 0.418. The fraction of sp³-hybridized carbons (Fsp3) is 1.00. The number of hydrogen-bond acceptors (Lipinski definition) is 2. The average molecular weight is 282 g/mol. The minimum absolute atomic E-state index is 0.130. The molecule has 0 bridgehead atoms. The normalized spacial score (nSPS) is 18.8. The van der Waals surface area contributed by atoms with Gasteiger partial charge in [0, 0.05) is 19.5 Å². The number of unbranched alkanes of at least 4 members (excludes halogenated alkanes) is 2. The van der Waals surface area contributed by atoms with Crippen molar-refractivity contribution in [1.82, 2.24) is 4.31 Å². The summed E-state index contributed by atoms with van der Waals surface area (Å²) >= 11 is 5.60. The molecule has 17 heavy (non-hydrogen) atoms. The molecule has 0 heterocycles. The van der Waals surface area contributed by atoms with Gasteiger partial charge in [0.25, 0.3) is 0 Å². The molecule has 0 aromatic heterocycles. The lowest BCUT2D eigenvalue weighted by atomic mass is 10.0. The summed E-state index contributed by atoms with van der Waals surface area (Å²) in [5.41, 5.74) is 0. The van der Waals surface area contributed by atoms with Crippen molar-refractivity contribution in [2.75, 3.05) is 19.5 Å². The zero-order valence-corrected chi connectivity index (χ0v) is 12.3. The monoisotopic (exact) mass is 281 g/mol. The van der Waals surface area contributed by atoms with Crippen molar-refractivity contribution in [2.24, 2.45) is 0 Å². The highest BCUT2D eigenvalue weighted by Crippen LogP contribution is 2.25. The molecule has 0 N–H and O–H groups in total. The summed E-state index contributed by atoms with van der Waals surface area (Å²) in [6.45, 7) is 0.635. The molecule has 0 aliphatic heterocycles. The second-order valence-corrected chi connectivity index (χ2v) is 7.57. The molecule has 1 fully saturated rings. The summed E-state index contributed by atoms with van der Waals surface area (Å²) in [5.74, 6) is 0.666. The van der Waals surface area contributed by atoms with Crippen molar-refractivity contribution in [3.05, 3.63) is 0 Å². The Bertz CT molecular complexity index is 300. The quantitative estimate of drug-likeness (QED) is 0.531. The molecule has 102 valence electrons. The van der Waals surface area contributed by atoms with Gasteiger partial charge in [0.1, 0.15) is 0 Å². The Balaban J connectivity index is 2.39. The predicted octanol–water partition coefficient (Wildman–Crippen LogP) is 2.99. The van der Waals surface area contributed by atoms with Crippen LogP contribution in [0.15, 0.2) is 0 Å². The Morgan fingerprint density at radius 2 is 1.76 bits per heavy atom. The minimum atomic E-state index is -3.05. The third-order valence-electron chi connectivity index (χ3n) is 3.51. The van der Waals surface area contributed by atoms with E-state index in [2.05, 4.69) is 0 Å². The summed E-state index contributed by atoms with van der Waals surface area (Å²) in [7, 11) is -1.34. The van der Waals surface area contributed by atoms with Gasteiger partial charge in [0.15, 0.2) is 0 Å². The maximum absolute atomic E-state index is 12.2. The van der Waals surface area contributed by atoms with Gasteiger partial charge in [-0.15, -0.1) is 11.6 Å². The van der Waals surface area contributed by atoms with Gasteiger partial charge in [-0.25, -0.2) is 12.7 Å². The number of rotatable bonds is 7. The number of halogens is 1. The van der Waals surface area contributed by atoms with Crippen LogP contribution >= 0.6 is 11.6 Å². The van der Waals surface area contributed by atoms with Gasteiger partial charge in [-0.1, -0.05) is 25.7 Å². The van der Waals surface area contributed by atoms with Crippen molar-refractivity contribution < 1.29 is 8.42 Å². The molecule has 3 nitrogen and oxygen atoms in total. The minimum Gasteiger partial charge on any atom is -0.212 e. The van der Waals surface area contributed by atoms with E-state index < -0.39 is 10.0 Å². The highest BCUT2D eigenvalue weighted by molar-refractivity contribution is 7.89. The Morgan fingerprint density at radius 1 is 1.12 bits per heavy atom. The van der Waals surface area contributed by atoms with Gasteiger partial charge in [0.2, 0.25) is 10.0 Å². The zero-order chi connectivity index (χ0) is 12.7. The van der Waals surface area contributed by atoms with Crippen LogP contribution in [0.3, 0.4) is 0 Å². The Hall–Kier alpha value is 0.200. The van der Waals surface area contributed by atoms with Gasteiger partial charge in [-0.3, -0.25) is 0 Å². The van der Waals surface area contributed by atoms with E-state index in [9.17, 15) is 8.42 Å². The van der Waals surface area contributed by atoms with E-state index in [1.54, 1.807) is 11.4 Å². The molecule has 0 aromatic rings. The van der Waals surface area contributed by atoms with E-state index in [1.807, 2.05) is 0 Å². The molecule has 5 heteroatoms. The van der Waals surface area contributed by atoms with Crippen LogP contribution in [0.1, 0.15) is 51.4 Å². The first kappa shape index (κ1) is 15.3. The Labute approximate surface area is 111 Å². The van der Waals surface area contributed by atoms with Crippen LogP contribution < -0.4 is 0 Å². The summed E-state index contributed by atoms with van der Waals surface area (Å²) in [5, 5.41) is -0.130. The fourth-order valence-electron chi connectivity index (χ4n) is 2.35. The predicted molar refractivity (Wildman–Crippen MR) is 73.0 cm³/mol. The molecule has 1 rings (SSSR count). The van der Waals surface area contributed by atoms with E-state index in [1.165, 1.54) is 6.42 Å². The molecule has 0 aromatic carbocycles. The molecule has 0 saturated heterocycles. The van der Waals surface area contributed by atoms with Gasteiger partial charge in [-0.05, 0) is 25.7 Å². The van der Waals surface area contributed by atoms with E-state index in [4.69, 9.17) is 11.6 Å². The van der Waals surface area contributed by atoms with Crippen LogP contribution in [0, 0.1) is 0 Å². The third-order valence-corrected chi connectivity index (χ3v) is 6.15. The van der Waals surface area contributed by atoms with Crippen LogP contribution in [-0.4, -0.2) is 37.4 Å². The summed E-state index contributed by atoms with van der Waals surface area (Å²) in [6, 6.07) is 0. The fourth-order valence-corrected chi connectivity index (χ4v) is 4.36. The van der Waals surface area contributed by atoms with E-state index in [0.29, 0.717) is 12.4 Å². The number of alkyl halides is 1. The number of hydrogen-bond donors (Lipinski definition) is 0. The lowest BCUT2D eigenvalue weighted by Gasteiger charge is -2.27. The molecule has 1 saturated carbocycles. The van der Waals surface area contributed by atoms with Crippen molar-refractivity contribution in [1.29, 1.82) is 0 Å². The van der Waals surface area contributed by atoms with Crippen LogP contribution in [0.4, 0.5) is 0 Å². The van der Waals surface area contributed by atoms with Crippen LogP contribution in [0.25, 0.3) is 0 Å². The molecule has 0 unspecified atom stereocenters. The van der Waals surface area contributed by atoms with Crippen LogP contribution in [0.5, 0.6) is 0 Å². The summed E-state index contributed by atoms with van der Waals surface area (Å²) < 4.78 is 26.1. The summed E-state index contributed by atoms with van der Waals surface area (Å²) in [6.07, 6.45) is 7.88. The Kier molecular flexibility index (Phi) is 6.82. The maximum atomic E-state index is 12.2. The topological polar surface area (TPSA) is 37.4 Å². The highest BCUT2D eigenvalue weighted by Gasteiger charge is 2.30. The molecule has 0 amide bonds. The second kappa shape index (κ2) is 7.59. The first-order chi connectivity index (χ1) is 8.09. The third kappa shape index (κ3) is 4.76. The first-order valence-electron chi connectivity index (χ1n) is 6.60. The van der Waals surface area contributed by atoms with Gasteiger partial charge in [-0.2, -0.15) is 0 Å². The van der Waals surface area contributed by atoms with Crippen LogP contribution in [-0.2, 0) is 10.0 Å². The molecule has 0 spiro atoms. The largest absolute Gasteiger partial charge is 0.216 e. The van der Waals surface area contributed by atoms with E-state index in [-0.39, 0.29) is 5.25 Å². The second-order valence-electron chi connectivity index (χ2n) is 4.88. The molecular formula is C12H24ClNO2S. The number of sulfonamides is 1. The molecule has 1 aliphatic rings. The van der Waals surface area contributed by atoms with E-state index in [0.717, 1.165) is 44.9 Å². The van der Waals surface area contributed by atoms with Crippen LogP contribution in [0.2, 0.25) is 0 Å². The number of nitrogens with zero attached hydrogens (tertiary/aromatic N) is 1. The smallest absolute Gasteiger partial charge is 0.212 e. The van der Waals surface area contributed by atoms with Crippen molar-refractivity contribution in [2.45, 2.75) is 56.6 Å². The molecular weight excluding hydrogens is 258 g/mol. The van der Waals surface area contributed by atoms with Gasteiger partial charge < -0.3 is 0 Å². The average Bonchev–Trinajstić information content (AvgIpc) is 2.35. The van der Waals surface area contributed by atoms with E-state index >= 15 is 0 Å². The standard InChI is InChI=1S/C12H24ClNO2S/c1-14(11-7-3-6-10-13)17(15,16)12-8-4-2-5-9-12/h12H,2-11H2,1H3. The van der Waals surface area contributed by atoms with Crippen molar-refractivity contribution in [3.63, 3.8) is 0 Å². The first-order valence-corrected chi connectivity index (χ1v) is 8.64. The summed E-state index contributed by atoms with van der Waals surface area (Å²) in [4.78, 5) is 0. The SMILES string of the molecule is CN(CCCCCCl)S(=O)(=O)C1CCCCC1. The Morgan fingerprint density at radius 3 is 2.35 bits per heavy atom. The highest BCUT2D eigenvalue weighted by atomic mass is 35.5. The van der Waals surface area contributed by atoms with Crippen molar-refractivity contribution >= 4 is 21.6 Å². The van der Waals surface area contributed by atoms with Crippen molar-refractivity contribution in [3.8, 4) is 0 Å². The molecule has 0 radical (unpaired) electrons. The van der Waals surface area contributed by atoms with Gasteiger partial charge >= 0.3 is 0 Å². The van der Waals surface area contributed by atoms with Gasteiger partial charge in [0.05, 0.1) is 5.25 Å². The lowest BCUT2D eigenvalue weighted by Crippen LogP contribution is -2.37. The zero-order valence-electron chi connectivity index (χ0n) is 10.7. The maximum Gasteiger partial charge on any atom is 0.216 e.